The van der Waals surface area contributed by atoms with Gasteiger partial charge in [0.25, 0.3) is 0 Å². The third-order valence-corrected chi connectivity index (χ3v) is 2.34. The third-order valence-electron chi connectivity index (χ3n) is 2.01. The monoisotopic (exact) mass is 228 g/mol. The molecule has 0 heterocycles. The van der Waals surface area contributed by atoms with E-state index in [2.05, 4.69) is 0 Å². The van der Waals surface area contributed by atoms with Gasteiger partial charge in [-0.1, -0.05) is 11.6 Å². The van der Waals surface area contributed by atoms with Crippen LogP contribution in [0, 0.1) is 0 Å². The number of carbonyl (C=O) groups is 1. The van der Waals surface area contributed by atoms with E-state index in [4.69, 9.17) is 21.1 Å². The predicted molar refractivity (Wildman–Crippen MR) is 58.8 cm³/mol. The fourth-order valence-corrected chi connectivity index (χ4v) is 1.40. The minimum atomic E-state index is -0.0410. The smallest absolute Gasteiger partial charge is 0.166 e. The van der Waals surface area contributed by atoms with Crippen LogP contribution in [-0.2, 0) is 4.74 Å². The summed E-state index contributed by atoms with van der Waals surface area (Å²) in [6, 6.07) is 5.01. The first-order chi connectivity index (χ1) is 7.19. The Kier molecular flexibility index (Phi) is 4.59. The molecule has 0 atom stereocenters. The van der Waals surface area contributed by atoms with Crippen LogP contribution in [0.25, 0.3) is 0 Å². The average Bonchev–Trinajstić information content (AvgIpc) is 2.26. The van der Waals surface area contributed by atoms with Crippen molar-refractivity contribution < 1.29 is 14.3 Å². The van der Waals surface area contributed by atoms with Crippen LogP contribution < -0.4 is 4.74 Å². The molecule has 0 saturated heterocycles. The fourth-order valence-electron chi connectivity index (χ4n) is 1.17. The second-order valence-electron chi connectivity index (χ2n) is 3.01. The molecule has 0 fully saturated rings. The van der Waals surface area contributed by atoms with Gasteiger partial charge in [0.2, 0.25) is 0 Å². The SMILES string of the molecule is COCCC(=O)c1cc(OC)ccc1Cl. The van der Waals surface area contributed by atoms with Gasteiger partial charge < -0.3 is 9.47 Å². The summed E-state index contributed by atoms with van der Waals surface area (Å²) in [5, 5.41) is 0.442. The molecule has 0 spiro atoms. The molecule has 15 heavy (non-hydrogen) atoms. The molecule has 1 aromatic carbocycles. The second kappa shape index (κ2) is 5.73. The van der Waals surface area contributed by atoms with E-state index in [9.17, 15) is 4.79 Å². The van der Waals surface area contributed by atoms with Gasteiger partial charge in [0.05, 0.1) is 18.7 Å². The summed E-state index contributed by atoms with van der Waals surface area (Å²) in [5.41, 5.74) is 0.480. The van der Waals surface area contributed by atoms with Gasteiger partial charge in [0.15, 0.2) is 5.78 Å². The first-order valence-electron chi connectivity index (χ1n) is 4.54. The van der Waals surface area contributed by atoms with Crippen molar-refractivity contribution in [3.8, 4) is 5.75 Å². The van der Waals surface area contributed by atoms with Crippen LogP contribution in [0.4, 0.5) is 0 Å². The number of hydrogen-bond donors (Lipinski definition) is 0. The standard InChI is InChI=1S/C11H13ClO3/c1-14-6-5-11(13)9-7-8(15-2)3-4-10(9)12/h3-4,7H,5-6H2,1-2H3. The van der Waals surface area contributed by atoms with Crippen molar-refractivity contribution in [2.75, 3.05) is 20.8 Å². The van der Waals surface area contributed by atoms with E-state index in [1.54, 1.807) is 32.4 Å². The zero-order chi connectivity index (χ0) is 11.3. The zero-order valence-electron chi connectivity index (χ0n) is 8.75. The maximum atomic E-state index is 11.7. The number of benzene rings is 1. The number of rotatable bonds is 5. The number of ketones is 1. The van der Waals surface area contributed by atoms with Crippen molar-refractivity contribution in [1.82, 2.24) is 0 Å². The lowest BCUT2D eigenvalue weighted by atomic mass is 10.1. The van der Waals surface area contributed by atoms with E-state index >= 15 is 0 Å². The summed E-state index contributed by atoms with van der Waals surface area (Å²) in [7, 11) is 3.10. The maximum absolute atomic E-state index is 11.7. The molecule has 3 nitrogen and oxygen atoms in total. The van der Waals surface area contributed by atoms with Crippen molar-refractivity contribution in [3.63, 3.8) is 0 Å². The Morgan fingerprint density at radius 3 is 2.73 bits per heavy atom. The summed E-state index contributed by atoms with van der Waals surface area (Å²) in [5.74, 6) is 0.584. The quantitative estimate of drug-likeness (QED) is 0.727. The minimum absolute atomic E-state index is 0.0410. The summed E-state index contributed by atoms with van der Waals surface area (Å²) < 4.78 is 9.86. The Labute approximate surface area is 93.9 Å². The summed E-state index contributed by atoms with van der Waals surface area (Å²) in [6.45, 7) is 0.395. The maximum Gasteiger partial charge on any atom is 0.166 e. The van der Waals surface area contributed by atoms with Gasteiger partial charge in [-0.05, 0) is 18.2 Å². The first kappa shape index (κ1) is 12.0. The molecule has 0 aromatic heterocycles. The van der Waals surface area contributed by atoms with Crippen LogP contribution in [0.2, 0.25) is 5.02 Å². The van der Waals surface area contributed by atoms with Crippen LogP contribution in [0.1, 0.15) is 16.8 Å². The molecule has 1 aromatic rings. The lowest BCUT2D eigenvalue weighted by molar-refractivity contribution is 0.0932. The molecule has 0 saturated carbocycles. The Morgan fingerprint density at radius 1 is 1.40 bits per heavy atom. The minimum Gasteiger partial charge on any atom is -0.497 e. The zero-order valence-corrected chi connectivity index (χ0v) is 9.50. The molecule has 1 rings (SSSR count). The highest BCUT2D eigenvalue weighted by molar-refractivity contribution is 6.34. The fraction of sp³-hybridized carbons (Fsp3) is 0.364. The Bertz CT molecular complexity index is 350. The van der Waals surface area contributed by atoms with Gasteiger partial charge in [-0.15, -0.1) is 0 Å². The molecular weight excluding hydrogens is 216 g/mol. The molecule has 0 aliphatic carbocycles. The summed E-state index contributed by atoms with van der Waals surface area (Å²) >= 11 is 5.91. The molecule has 0 radical (unpaired) electrons. The highest BCUT2D eigenvalue weighted by atomic mass is 35.5. The normalized spacial score (nSPS) is 10.1. The molecule has 0 N–H and O–H groups in total. The Morgan fingerprint density at radius 2 is 2.13 bits per heavy atom. The number of carbonyl (C=O) groups excluding carboxylic acids is 1. The van der Waals surface area contributed by atoms with E-state index in [1.807, 2.05) is 0 Å². The highest BCUT2D eigenvalue weighted by Gasteiger charge is 2.11. The van der Waals surface area contributed by atoms with Gasteiger partial charge >= 0.3 is 0 Å². The van der Waals surface area contributed by atoms with Gasteiger partial charge in [0, 0.05) is 19.1 Å². The molecular formula is C11H13ClO3. The van der Waals surface area contributed by atoms with Crippen LogP contribution in [0.3, 0.4) is 0 Å². The van der Waals surface area contributed by atoms with Crippen molar-refractivity contribution in [2.24, 2.45) is 0 Å². The first-order valence-corrected chi connectivity index (χ1v) is 4.92. The van der Waals surface area contributed by atoms with Crippen molar-refractivity contribution in [1.29, 1.82) is 0 Å². The van der Waals surface area contributed by atoms with Crippen LogP contribution >= 0.6 is 11.6 Å². The third kappa shape index (κ3) is 3.22. The summed E-state index contributed by atoms with van der Waals surface area (Å²) in [4.78, 5) is 11.7. The molecule has 0 bridgehead atoms. The van der Waals surface area contributed by atoms with Crippen LogP contribution in [0.5, 0.6) is 5.75 Å². The van der Waals surface area contributed by atoms with Crippen molar-refractivity contribution in [2.45, 2.75) is 6.42 Å². The van der Waals surface area contributed by atoms with E-state index in [0.717, 1.165) is 0 Å². The van der Waals surface area contributed by atoms with Gasteiger partial charge in [-0.2, -0.15) is 0 Å². The van der Waals surface area contributed by atoms with Crippen LogP contribution in [-0.4, -0.2) is 26.6 Å². The number of Topliss-reactive ketones (excluding diaryl/α,β-unsaturated/α-hetero) is 1. The molecule has 0 amide bonds. The number of hydrogen-bond acceptors (Lipinski definition) is 3. The molecule has 0 aliphatic rings. The number of halogens is 1. The van der Waals surface area contributed by atoms with Crippen LogP contribution in [0.15, 0.2) is 18.2 Å². The van der Waals surface area contributed by atoms with E-state index in [-0.39, 0.29) is 5.78 Å². The lowest BCUT2D eigenvalue weighted by Crippen LogP contribution is -2.04. The Hall–Kier alpha value is -1.06. The predicted octanol–water partition coefficient (Wildman–Crippen LogP) is 2.57. The van der Waals surface area contributed by atoms with E-state index in [1.165, 1.54) is 0 Å². The van der Waals surface area contributed by atoms with Crippen molar-refractivity contribution in [3.05, 3.63) is 28.8 Å². The molecule has 0 aliphatic heterocycles. The topological polar surface area (TPSA) is 35.5 Å². The van der Waals surface area contributed by atoms with Crippen molar-refractivity contribution >= 4 is 17.4 Å². The average molecular weight is 229 g/mol. The van der Waals surface area contributed by atoms with E-state index in [0.29, 0.717) is 29.4 Å². The van der Waals surface area contributed by atoms with Gasteiger partial charge in [-0.25, -0.2) is 0 Å². The van der Waals surface area contributed by atoms with Gasteiger partial charge in [0.1, 0.15) is 5.75 Å². The second-order valence-corrected chi connectivity index (χ2v) is 3.42. The van der Waals surface area contributed by atoms with E-state index < -0.39 is 0 Å². The number of methoxy groups -OCH3 is 2. The summed E-state index contributed by atoms with van der Waals surface area (Å²) in [6.07, 6.45) is 0.323. The largest absolute Gasteiger partial charge is 0.497 e. The van der Waals surface area contributed by atoms with Gasteiger partial charge in [-0.3, -0.25) is 4.79 Å². The highest BCUT2D eigenvalue weighted by Crippen LogP contribution is 2.23. The molecule has 4 heteroatoms. The Balaban J connectivity index is 2.86. The lowest BCUT2D eigenvalue weighted by Gasteiger charge is -2.05. The molecule has 0 unspecified atom stereocenters. The molecule has 82 valence electrons. The number of ether oxygens (including phenoxy) is 2.